The van der Waals surface area contributed by atoms with Crippen molar-refractivity contribution < 1.29 is 29.0 Å². The lowest BCUT2D eigenvalue weighted by Gasteiger charge is -2.42. The number of benzene rings is 1. The molecule has 0 radical (unpaired) electrons. The average Bonchev–Trinajstić information content (AvgIpc) is 2.82. The predicted molar refractivity (Wildman–Crippen MR) is 166 cm³/mol. The molecule has 0 aliphatic rings. The average molecular weight is 589 g/mol. The minimum absolute atomic E-state index is 0.0990. The zero-order valence-electron chi connectivity index (χ0n) is 27.7. The lowest BCUT2D eigenvalue weighted by molar-refractivity contribution is -0.142. The summed E-state index contributed by atoms with van der Waals surface area (Å²) >= 11 is 0. The van der Waals surface area contributed by atoms with E-state index in [9.17, 15) is 24.3 Å². The van der Waals surface area contributed by atoms with Crippen LogP contribution in [0.15, 0.2) is 35.9 Å². The van der Waals surface area contributed by atoms with E-state index in [-0.39, 0.29) is 17.4 Å². The number of hydrogen-bond donors (Lipinski definition) is 3. The number of anilines is 1. The van der Waals surface area contributed by atoms with E-state index in [1.54, 1.807) is 52.1 Å². The Morgan fingerprint density at radius 3 is 1.95 bits per heavy atom. The van der Waals surface area contributed by atoms with Gasteiger partial charge in [-0.3, -0.25) is 14.5 Å². The fraction of sp³-hybridized carbons (Fsp3) is 0.625. The van der Waals surface area contributed by atoms with E-state index in [1.807, 2.05) is 54.5 Å². The van der Waals surface area contributed by atoms with Crippen molar-refractivity contribution in [3.8, 4) is 0 Å². The predicted octanol–water partition coefficient (Wildman–Crippen LogP) is 4.83. The molecular weight excluding hydrogens is 536 g/mol. The number of aliphatic carboxylic acids is 1. The highest BCUT2D eigenvalue weighted by molar-refractivity contribution is 5.93. The Kier molecular flexibility index (Phi) is 11.8. The van der Waals surface area contributed by atoms with Gasteiger partial charge in [0.25, 0.3) is 0 Å². The molecule has 236 valence electrons. The van der Waals surface area contributed by atoms with Crippen LogP contribution >= 0.6 is 0 Å². The number of likely N-dealkylation sites (N-methyl/N-ethyl adjacent to an activating group) is 2. The summed E-state index contributed by atoms with van der Waals surface area (Å²) in [6, 6.07) is 4.50. The SMILES string of the molecule is C/C(=C\[C@H](C(C)C)N(C)C(=O)[C@@H](NC(=O)[C@H](N(C)C(=O)OC(C)(C)C)C(C)(C)c1cccc(N)c1)C(C)(C)C)C(=O)O. The van der Waals surface area contributed by atoms with Gasteiger partial charge in [0.2, 0.25) is 11.8 Å². The highest BCUT2D eigenvalue weighted by Crippen LogP contribution is 2.33. The Morgan fingerprint density at radius 2 is 1.52 bits per heavy atom. The van der Waals surface area contributed by atoms with Gasteiger partial charge in [0.05, 0.1) is 6.04 Å². The fourth-order valence-electron chi connectivity index (χ4n) is 4.82. The number of nitrogens with zero attached hydrogens (tertiary/aromatic N) is 2. The molecule has 10 heteroatoms. The van der Waals surface area contributed by atoms with Crippen molar-refractivity contribution >= 4 is 29.6 Å². The maximum atomic E-state index is 14.3. The molecule has 0 bridgehead atoms. The normalized spacial score (nSPS) is 15.0. The van der Waals surface area contributed by atoms with E-state index in [2.05, 4.69) is 5.32 Å². The maximum absolute atomic E-state index is 14.3. The Bertz CT molecular complexity index is 1180. The van der Waals surface area contributed by atoms with E-state index in [1.165, 1.54) is 23.8 Å². The Hall–Kier alpha value is -3.56. The number of ether oxygens (including phenoxy) is 1. The number of hydrogen-bond acceptors (Lipinski definition) is 6. The molecule has 0 aliphatic heterocycles. The molecule has 1 rings (SSSR count). The first-order chi connectivity index (χ1) is 18.9. The van der Waals surface area contributed by atoms with Crippen LogP contribution in [0, 0.1) is 11.3 Å². The van der Waals surface area contributed by atoms with Crippen LogP contribution < -0.4 is 11.1 Å². The van der Waals surface area contributed by atoms with E-state index < -0.39 is 52.5 Å². The van der Waals surface area contributed by atoms with Crippen LogP contribution in [0.4, 0.5) is 10.5 Å². The summed E-state index contributed by atoms with van der Waals surface area (Å²) in [6.45, 7) is 19.7. The second-order valence-corrected chi connectivity index (χ2v) is 14.0. The summed E-state index contributed by atoms with van der Waals surface area (Å²) in [5.41, 5.74) is 4.94. The number of carboxylic acid groups (broad SMARTS) is 1. The van der Waals surface area contributed by atoms with Gasteiger partial charge in [0.15, 0.2) is 0 Å². The van der Waals surface area contributed by atoms with E-state index in [4.69, 9.17) is 10.5 Å². The van der Waals surface area contributed by atoms with Crippen LogP contribution in [-0.2, 0) is 24.5 Å². The van der Waals surface area contributed by atoms with Gasteiger partial charge in [-0.1, -0.05) is 66.7 Å². The number of nitrogen functional groups attached to an aromatic ring is 1. The van der Waals surface area contributed by atoms with Gasteiger partial charge in [-0.25, -0.2) is 9.59 Å². The number of carbonyl (C=O) groups excluding carboxylic acids is 3. The van der Waals surface area contributed by atoms with E-state index >= 15 is 0 Å². The quantitative estimate of drug-likeness (QED) is 0.263. The van der Waals surface area contributed by atoms with E-state index in [0.29, 0.717) is 5.69 Å². The van der Waals surface area contributed by atoms with Gasteiger partial charge < -0.3 is 25.8 Å². The standard InChI is InChI=1S/C32H52N4O6/c1-19(2)23(17-20(3)28(39)40)35(12)27(38)24(30(4,5)6)34-26(37)25(36(13)29(41)42-31(7,8)9)32(10,11)21-15-14-16-22(33)18-21/h14-19,23-25H,33H2,1-13H3,(H,34,37)(H,39,40)/b20-17+/t23-,24-,25+/m1/s1. The molecule has 0 aromatic heterocycles. The minimum atomic E-state index is -1.09. The number of carboxylic acids is 1. The summed E-state index contributed by atoms with van der Waals surface area (Å²) in [5, 5.41) is 12.4. The van der Waals surface area contributed by atoms with Gasteiger partial charge in [0.1, 0.15) is 17.7 Å². The Morgan fingerprint density at radius 1 is 0.976 bits per heavy atom. The molecule has 0 unspecified atom stereocenters. The van der Waals surface area contributed by atoms with Crippen molar-refractivity contribution in [2.75, 3.05) is 19.8 Å². The van der Waals surface area contributed by atoms with Gasteiger partial charge in [0, 0.05) is 30.8 Å². The summed E-state index contributed by atoms with van der Waals surface area (Å²) in [4.78, 5) is 55.8. The molecule has 1 aromatic rings. The minimum Gasteiger partial charge on any atom is -0.478 e. The monoisotopic (exact) mass is 588 g/mol. The van der Waals surface area contributed by atoms with Crippen molar-refractivity contribution in [2.45, 2.75) is 105 Å². The zero-order valence-corrected chi connectivity index (χ0v) is 27.7. The number of rotatable bonds is 10. The summed E-state index contributed by atoms with van der Waals surface area (Å²) in [7, 11) is 3.10. The van der Waals surface area contributed by atoms with Crippen LogP contribution in [-0.4, -0.2) is 76.6 Å². The van der Waals surface area contributed by atoms with Crippen molar-refractivity contribution in [1.82, 2.24) is 15.1 Å². The lowest BCUT2D eigenvalue weighted by Crippen LogP contribution is -2.63. The first kappa shape index (κ1) is 36.5. The number of nitrogens with two attached hydrogens (primary N) is 1. The molecule has 1 aromatic carbocycles. The summed E-state index contributed by atoms with van der Waals surface area (Å²) < 4.78 is 5.61. The molecule has 10 nitrogen and oxygen atoms in total. The molecule has 3 atom stereocenters. The molecule has 4 N–H and O–H groups in total. The molecular formula is C32H52N4O6. The lowest BCUT2D eigenvalue weighted by atomic mass is 9.76. The number of carbonyl (C=O) groups is 4. The number of amides is 3. The Labute approximate surface area is 251 Å². The first-order valence-corrected chi connectivity index (χ1v) is 14.2. The van der Waals surface area contributed by atoms with Crippen molar-refractivity contribution in [2.24, 2.45) is 11.3 Å². The molecule has 42 heavy (non-hydrogen) atoms. The van der Waals surface area contributed by atoms with Crippen LogP contribution in [0.25, 0.3) is 0 Å². The van der Waals surface area contributed by atoms with Crippen LogP contribution in [0.5, 0.6) is 0 Å². The third-order valence-corrected chi connectivity index (χ3v) is 7.27. The molecule has 0 aliphatic carbocycles. The largest absolute Gasteiger partial charge is 0.478 e. The van der Waals surface area contributed by atoms with Crippen molar-refractivity contribution in [3.63, 3.8) is 0 Å². The van der Waals surface area contributed by atoms with Gasteiger partial charge in [-0.2, -0.15) is 0 Å². The van der Waals surface area contributed by atoms with E-state index in [0.717, 1.165) is 5.56 Å². The van der Waals surface area contributed by atoms with Crippen LogP contribution in [0.1, 0.15) is 81.7 Å². The van der Waals surface area contributed by atoms with Gasteiger partial charge >= 0.3 is 12.1 Å². The van der Waals surface area contributed by atoms with Gasteiger partial charge in [-0.15, -0.1) is 0 Å². The maximum Gasteiger partial charge on any atom is 0.410 e. The molecule has 0 saturated heterocycles. The number of nitrogens with one attached hydrogen (secondary N) is 1. The second-order valence-electron chi connectivity index (χ2n) is 14.0. The molecule has 0 heterocycles. The van der Waals surface area contributed by atoms with Gasteiger partial charge in [-0.05, 0) is 56.7 Å². The molecule has 0 fully saturated rings. The third kappa shape index (κ3) is 9.49. The molecule has 0 saturated carbocycles. The highest BCUT2D eigenvalue weighted by Gasteiger charge is 2.46. The molecule has 0 spiro atoms. The molecule has 3 amide bonds. The smallest absolute Gasteiger partial charge is 0.410 e. The first-order valence-electron chi connectivity index (χ1n) is 14.2. The highest BCUT2D eigenvalue weighted by atomic mass is 16.6. The Balaban J connectivity index is 3.64. The second kappa shape index (κ2) is 13.6. The fourth-order valence-corrected chi connectivity index (χ4v) is 4.82. The third-order valence-electron chi connectivity index (χ3n) is 7.27. The summed E-state index contributed by atoms with van der Waals surface area (Å²) in [5.74, 6) is -2.10. The summed E-state index contributed by atoms with van der Waals surface area (Å²) in [6.07, 6.45) is 0.860. The van der Waals surface area contributed by atoms with Crippen molar-refractivity contribution in [1.29, 1.82) is 0 Å². The van der Waals surface area contributed by atoms with Crippen LogP contribution in [0.3, 0.4) is 0 Å². The zero-order chi connectivity index (χ0) is 33.0. The van der Waals surface area contributed by atoms with Crippen molar-refractivity contribution in [3.05, 3.63) is 41.5 Å². The topological polar surface area (TPSA) is 142 Å². The van der Waals surface area contributed by atoms with Crippen LogP contribution in [0.2, 0.25) is 0 Å².